The predicted octanol–water partition coefficient (Wildman–Crippen LogP) is 4.46. The normalized spacial score (nSPS) is 10.8. The van der Waals surface area contributed by atoms with Crippen molar-refractivity contribution in [2.75, 3.05) is 11.9 Å². The molecule has 4 rings (SSSR count). The van der Waals surface area contributed by atoms with Gasteiger partial charge in [-0.25, -0.2) is 0 Å². The molecule has 1 amide bonds. The summed E-state index contributed by atoms with van der Waals surface area (Å²) in [5.74, 6) is -0.175. The van der Waals surface area contributed by atoms with E-state index in [2.05, 4.69) is 45.0 Å². The van der Waals surface area contributed by atoms with Gasteiger partial charge in [-0.3, -0.25) is 9.78 Å². The van der Waals surface area contributed by atoms with Crippen LogP contribution in [0.2, 0.25) is 0 Å². The highest BCUT2D eigenvalue weighted by atomic mass is 16.1. The van der Waals surface area contributed by atoms with E-state index in [0.717, 1.165) is 29.7 Å². The van der Waals surface area contributed by atoms with E-state index in [1.807, 2.05) is 43.3 Å². The van der Waals surface area contributed by atoms with Gasteiger partial charge < -0.3 is 15.6 Å². The molecule has 0 spiro atoms. The molecular formula is C24H24N4O. The molecule has 29 heavy (non-hydrogen) atoms. The summed E-state index contributed by atoms with van der Waals surface area (Å²) in [6, 6.07) is 20.1. The van der Waals surface area contributed by atoms with E-state index in [1.165, 1.54) is 16.5 Å². The molecular weight excluding hydrogens is 360 g/mol. The number of carbonyl (C=O) groups is 1. The molecule has 0 aliphatic heterocycles. The minimum absolute atomic E-state index is 0.175. The number of nitrogens with zero attached hydrogens (tertiary/aromatic N) is 1. The third kappa shape index (κ3) is 4.63. The second-order valence-corrected chi connectivity index (χ2v) is 7.13. The van der Waals surface area contributed by atoms with Crippen LogP contribution in [0, 0.1) is 6.92 Å². The van der Waals surface area contributed by atoms with Crippen molar-refractivity contribution in [2.45, 2.75) is 19.9 Å². The molecule has 4 aromatic rings. The molecule has 0 saturated carbocycles. The van der Waals surface area contributed by atoms with Crippen LogP contribution in [0.15, 0.2) is 73.1 Å². The number of amides is 1. The van der Waals surface area contributed by atoms with Gasteiger partial charge in [-0.1, -0.05) is 48.0 Å². The average Bonchev–Trinajstić information content (AvgIpc) is 3.16. The van der Waals surface area contributed by atoms with Gasteiger partial charge in [-0.2, -0.15) is 0 Å². The van der Waals surface area contributed by atoms with Crippen molar-refractivity contribution in [2.24, 2.45) is 0 Å². The third-order valence-electron chi connectivity index (χ3n) is 4.96. The van der Waals surface area contributed by atoms with Gasteiger partial charge in [0.05, 0.1) is 0 Å². The minimum atomic E-state index is -0.175. The first-order chi connectivity index (χ1) is 14.2. The number of anilines is 1. The van der Waals surface area contributed by atoms with Gasteiger partial charge in [0.25, 0.3) is 5.91 Å². The van der Waals surface area contributed by atoms with Crippen LogP contribution in [0.3, 0.4) is 0 Å². The Morgan fingerprint density at radius 1 is 1.07 bits per heavy atom. The number of pyridine rings is 1. The highest BCUT2D eigenvalue weighted by Crippen LogP contribution is 2.18. The molecule has 5 nitrogen and oxygen atoms in total. The van der Waals surface area contributed by atoms with Gasteiger partial charge >= 0.3 is 0 Å². The monoisotopic (exact) mass is 384 g/mol. The molecule has 2 aromatic carbocycles. The van der Waals surface area contributed by atoms with Crippen molar-refractivity contribution >= 4 is 22.5 Å². The van der Waals surface area contributed by atoms with Gasteiger partial charge in [0, 0.05) is 42.1 Å². The van der Waals surface area contributed by atoms with Gasteiger partial charge in [0.15, 0.2) is 0 Å². The molecule has 5 heteroatoms. The zero-order valence-electron chi connectivity index (χ0n) is 16.4. The topological polar surface area (TPSA) is 69.8 Å². The lowest BCUT2D eigenvalue weighted by Gasteiger charge is -2.09. The van der Waals surface area contributed by atoms with Crippen molar-refractivity contribution in [1.29, 1.82) is 0 Å². The van der Waals surface area contributed by atoms with Gasteiger partial charge in [-0.05, 0) is 42.7 Å². The molecule has 0 fully saturated rings. The molecule has 0 aliphatic carbocycles. The highest BCUT2D eigenvalue weighted by Gasteiger charge is 2.08. The van der Waals surface area contributed by atoms with Gasteiger partial charge in [-0.15, -0.1) is 0 Å². The number of benzene rings is 2. The lowest BCUT2D eigenvalue weighted by molar-refractivity contribution is 0.0946. The Morgan fingerprint density at radius 3 is 2.76 bits per heavy atom. The summed E-state index contributed by atoms with van der Waals surface area (Å²) in [6.07, 6.45) is 4.61. The van der Waals surface area contributed by atoms with Crippen molar-refractivity contribution in [3.05, 3.63) is 95.4 Å². The number of carbonyl (C=O) groups excluding carboxylic acids is 1. The Morgan fingerprint density at radius 2 is 1.90 bits per heavy atom. The molecule has 3 N–H and O–H groups in total. The van der Waals surface area contributed by atoms with E-state index in [9.17, 15) is 4.79 Å². The molecule has 2 heterocycles. The Labute approximate surface area is 170 Å². The quantitative estimate of drug-likeness (QED) is 0.441. The van der Waals surface area contributed by atoms with Crippen molar-refractivity contribution in [3.8, 4) is 0 Å². The highest BCUT2D eigenvalue weighted by molar-refractivity contribution is 5.93. The van der Waals surface area contributed by atoms with E-state index in [4.69, 9.17) is 0 Å². The fourth-order valence-electron chi connectivity index (χ4n) is 3.32. The van der Waals surface area contributed by atoms with Crippen LogP contribution >= 0.6 is 0 Å². The average molecular weight is 384 g/mol. The minimum Gasteiger partial charge on any atom is -0.385 e. The van der Waals surface area contributed by atoms with Gasteiger partial charge in [0.1, 0.15) is 5.69 Å². The van der Waals surface area contributed by atoms with Gasteiger partial charge in [0.2, 0.25) is 0 Å². The number of H-pyrrole nitrogens is 1. The Kier molecular flexibility index (Phi) is 5.56. The number of nitrogens with one attached hydrogen (secondary N) is 3. The first-order valence-corrected chi connectivity index (χ1v) is 9.78. The molecule has 0 bridgehead atoms. The third-order valence-corrected chi connectivity index (χ3v) is 4.96. The molecule has 0 atom stereocenters. The zero-order chi connectivity index (χ0) is 20.1. The van der Waals surface area contributed by atoms with Crippen LogP contribution in [-0.4, -0.2) is 22.4 Å². The van der Waals surface area contributed by atoms with Crippen molar-refractivity contribution in [1.82, 2.24) is 15.3 Å². The van der Waals surface area contributed by atoms with Crippen molar-refractivity contribution in [3.63, 3.8) is 0 Å². The lowest BCUT2D eigenvalue weighted by Crippen LogP contribution is -2.23. The summed E-state index contributed by atoms with van der Waals surface area (Å²) in [5, 5.41) is 7.57. The Balaban J connectivity index is 1.33. The first-order valence-electron chi connectivity index (χ1n) is 9.78. The maximum Gasteiger partial charge on any atom is 0.270 e. The SMILES string of the molecule is Cc1ccc(CNC(=O)c2cc(NCCc3c[nH]c4ccccc34)ccn2)cc1. The summed E-state index contributed by atoms with van der Waals surface area (Å²) >= 11 is 0. The van der Waals surface area contributed by atoms with E-state index in [-0.39, 0.29) is 5.91 Å². The fourth-order valence-corrected chi connectivity index (χ4v) is 3.32. The van der Waals surface area contributed by atoms with Crippen LogP contribution in [0.4, 0.5) is 5.69 Å². The molecule has 0 radical (unpaired) electrons. The molecule has 146 valence electrons. The summed E-state index contributed by atoms with van der Waals surface area (Å²) in [4.78, 5) is 19.9. The number of aromatic amines is 1. The summed E-state index contributed by atoms with van der Waals surface area (Å²) < 4.78 is 0. The first kappa shape index (κ1) is 18.7. The maximum absolute atomic E-state index is 12.4. The Hall–Kier alpha value is -3.60. The predicted molar refractivity (Wildman–Crippen MR) is 117 cm³/mol. The number of para-hydroxylation sites is 1. The second-order valence-electron chi connectivity index (χ2n) is 7.13. The van der Waals surface area contributed by atoms with E-state index < -0.39 is 0 Å². The number of aryl methyl sites for hydroxylation is 1. The number of hydrogen-bond donors (Lipinski definition) is 3. The fraction of sp³-hybridized carbons (Fsp3) is 0.167. The molecule has 2 aromatic heterocycles. The smallest absolute Gasteiger partial charge is 0.270 e. The lowest BCUT2D eigenvalue weighted by atomic mass is 10.1. The standard InChI is InChI=1S/C24H24N4O/c1-17-6-8-18(9-7-17)15-28-24(29)23-14-20(11-13-26-23)25-12-10-19-16-27-22-5-3-2-4-21(19)22/h2-9,11,13-14,16,27H,10,12,15H2,1H3,(H,25,26)(H,28,29). The summed E-state index contributed by atoms with van der Waals surface area (Å²) in [5.41, 5.74) is 6.00. The van der Waals surface area contributed by atoms with Crippen LogP contribution in [0.25, 0.3) is 10.9 Å². The number of aromatic nitrogens is 2. The molecule has 0 saturated heterocycles. The number of rotatable bonds is 7. The number of hydrogen-bond acceptors (Lipinski definition) is 3. The number of fused-ring (bicyclic) bond motifs is 1. The van der Waals surface area contributed by atoms with Crippen molar-refractivity contribution < 1.29 is 4.79 Å². The molecule has 0 aliphatic rings. The second kappa shape index (κ2) is 8.61. The van der Waals surface area contributed by atoms with Crippen LogP contribution < -0.4 is 10.6 Å². The van der Waals surface area contributed by atoms with E-state index >= 15 is 0 Å². The van der Waals surface area contributed by atoms with E-state index in [1.54, 1.807) is 12.3 Å². The molecule has 0 unspecified atom stereocenters. The summed E-state index contributed by atoms with van der Waals surface area (Å²) in [7, 11) is 0. The van der Waals surface area contributed by atoms with Crippen LogP contribution in [0.5, 0.6) is 0 Å². The summed E-state index contributed by atoms with van der Waals surface area (Å²) in [6.45, 7) is 3.30. The van der Waals surface area contributed by atoms with Crippen LogP contribution in [0.1, 0.15) is 27.2 Å². The Bertz CT molecular complexity index is 1120. The zero-order valence-corrected chi connectivity index (χ0v) is 16.4. The van der Waals surface area contributed by atoms with Crippen LogP contribution in [-0.2, 0) is 13.0 Å². The maximum atomic E-state index is 12.4. The van der Waals surface area contributed by atoms with E-state index in [0.29, 0.717) is 12.2 Å². The largest absolute Gasteiger partial charge is 0.385 e.